The zero-order valence-electron chi connectivity index (χ0n) is 9.92. The van der Waals surface area contributed by atoms with E-state index in [1.54, 1.807) is 0 Å². The van der Waals surface area contributed by atoms with E-state index >= 15 is 0 Å². The molecule has 1 atom stereocenters. The number of hydrogen-bond acceptors (Lipinski definition) is 6. The number of nitrogens with zero attached hydrogens (tertiary/aromatic N) is 4. The minimum Gasteiger partial charge on any atom is -0.370 e. The molecule has 0 saturated heterocycles. The van der Waals surface area contributed by atoms with Gasteiger partial charge in [-0.1, -0.05) is 0 Å². The zero-order chi connectivity index (χ0) is 13.7. The fraction of sp³-hybridized carbons (Fsp3) is 0.500. The van der Waals surface area contributed by atoms with Crippen molar-refractivity contribution in [1.29, 1.82) is 0 Å². The van der Waals surface area contributed by atoms with Crippen molar-refractivity contribution in [3.05, 3.63) is 18.0 Å². The van der Waals surface area contributed by atoms with E-state index in [9.17, 15) is 8.78 Å². The summed E-state index contributed by atoms with van der Waals surface area (Å²) in [5.74, 6) is -1.14. The van der Waals surface area contributed by atoms with E-state index in [0.29, 0.717) is 23.2 Å². The zero-order valence-corrected chi connectivity index (χ0v) is 9.92. The highest BCUT2D eigenvalue weighted by Gasteiger charge is 2.61. The maximum absolute atomic E-state index is 12.6. The van der Waals surface area contributed by atoms with E-state index in [1.165, 1.54) is 18.6 Å². The largest absolute Gasteiger partial charge is 0.370 e. The molecule has 0 spiro atoms. The van der Waals surface area contributed by atoms with Crippen molar-refractivity contribution in [2.45, 2.75) is 30.6 Å². The third-order valence-electron chi connectivity index (χ3n) is 3.52. The molecule has 9 heteroatoms. The topological polar surface area (TPSA) is 107 Å². The smallest absolute Gasteiger partial charge is 0.333 e. The van der Waals surface area contributed by atoms with Crippen LogP contribution in [-0.2, 0) is 5.41 Å². The van der Waals surface area contributed by atoms with Crippen molar-refractivity contribution >= 4 is 12.3 Å². The van der Waals surface area contributed by atoms with Gasteiger partial charge in [-0.05, 0) is 18.9 Å². The maximum atomic E-state index is 12.6. The van der Waals surface area contributed by atoms with Gasteiger partial charge in [0.2, 0.25) is 5.79 Å². The molecule has 0 radical (unpaired) electrons. The Morgan fingerprint density at radius 3 is 2.68 bits per heavy atom. The normalized spacial score (nSPS) is 28.1. The van der Waals surface area contributed by atoms with E-state index < -0.39 is 17.8 Å². The number of rotatable bonds is 3. The minimum atomic E-state index is -2.68. The number of aliphatic imine (C=N–C) groups is 2. The molecule has 1 unspecified atom stereocenters. The molecular weight excluding hydrogens is 256 g/mol. The van der Waals surface area contributed by atoms with Crippen LogP contribution in [0.3, 0.4) is 0 Å². The van der Waals surface area contributed by atoms with Gasteiger partial charge in [0.05, 0.1) is 17.4 Å². The SMILES string of the molecule is NC1=NC(N)(C2(c3ccn(C(F)F)n3)CC2)N=CN1. The van der Waals surface area contributed by atoms with E-state index in [-0.39, 0.29) is 5.96 Å². The summed E-state index contributed by atoms with van der Waals surface area (Å²) in [6.45, 7) is -2.68. The Kier molecular flexibility index (Phi) is 2.36. The van der Waals surface area contributed by atoms with E-state index in [0.717, 1.165) is 0 Å². The number of nitrogens with two attached hydrogens (primary N) is 2. The summed E-state index contributed by atoms with van der Waals surface area (Å²) in [6.07, 6.45) is 3.95. The number of hydrogen-bond donors (Lipinski definition) is 3. The van der Waals surface area contributed by atoms with Gasteiger partial charge in [-0.25, -0.2) is 14.7 Å². The van der Waals surface area contributed by atoms with Gasteiger partial charge >= 0.3 is 6.55 Å². The highest BCUT2D eigenvalue weighted by atomic mass is 19.3. The van der Waals surface area contributed by atoms with Crippen molar-refractivity contribution in [2.75, 3.05) is 0 Å². The van der Waals surface area contributed by atoms with Gasteiger partial charge < -0.3 is 11.1 Å². The van der Waals surface area contributed by atoms with Crippen molar-refractivity contribution in [3.63, 3.8) is 0 Å². The van der Waals surface area contributed by atoms with Gasteiger partial charge in [-0.3, -0.25) is 5.73 Å². The predicted octanol–water partition coefficient (Wildman–Crippen LogP) is -0.131. The van der Waals surface area contributed by atoms with Gasteiger partial charge in [0.15, 0.2) is 5.96 Å². The fourth-order valence-electron chi connectivity index (χ4n) is 2.31. The molecule has 2 heterocycles. The lowest BCUT2D eigenvalue weighted by molar-refractivity contribution is 0.0556. The lowest BCUT2D eigenvalue weighted by Gasteiger charge is -2.31. The van der Waals surface area contributed by atoms with Crippen LogP contribution < -0.4 is 16.8 Å². The predicted molar refractivity (Wildman–Crippen MR) is 64.6 cm³/mol. The number of halogens is 2. The van der Waals surface area contributed by atoms with E-state index in [4.69, 9.17) is 11.5 Å². The third kappa shape index (κ3) is 1.69. The second kappa shape index (κ2) is 3.73. The molecule has 102 valence electrons. The highest BCUT2D eigenvalue weighted by molar-refractivity contribution is 5.90. The molecule has 1 aliphatic heterocycles. The Labute approximate surface area is 107 Å². The molecule has 2 aliphatic rings. The Hall–Kier alpha value is -2.03. The minimum absolute atomic E-state index is 0.150. The average molecular weight is 269 g/mol. The van der Waals surface area contributed by atoms with E-state index in [2.05, 4.69) is 20.4 Å². The molecule has 1 aromatic rings. The Bertz CT molecular complexity index is 560. The van der Waals surface area contributed by atoms with Crippen LogP contribution in [0.1, 0.15) is 25.1 Å². The monoisotopic (exact) mass is 269 g/mol. The number of nitrogens with one attached hydrogen (secondary N) is 1. The van der Waals surface area contributed by atoms with Crippen LogP contribution in [0.15, 0.2) is 22.2 Å². The third-order valence-corrected chi connectivity index (χ3v) is 3.52. The first kappa shape index (κ1) is 12.0. The summed E-state index contributed by atoms with van der Waals surface area (Å²) in [4.78, 5) is 8.22. The molecule has 7 nitrogen and oxygen atoms in total. The van der Waals surface area contributed by atoms with Crippen LogP contribution in [0.25, 0.3) is 0 Å². The first-order valence-electron chi connectivity index (χ1n) is 5.75. The quantitative estimate of drug-likeness (QED) is 0.710. The van der Waals surface area contributed by atoms with Crippen LogP contribution in [0.2, 0.25) is 0 Å². The summed E-state index contributed by atoms with van der Waals surface area (Å²) in [5.41, 5.74) is 11.6. The van der Waals surface area contributed by atoms with Crippen molar-refractivity contribution in [1.82, 2.24) is 15.1 Å². The molecule has 0 bridgehead atoms. The Balaban J connectivity index is 1.98. The van der Waals surface area contributed by atoms with Crippen LogP contribution in [0.5, 0.6) is 0 Å². The second-order valence-corrected chi connectivity index (χ2v) is 4.67. The Morgan fingerprint density at radius 2 is 2.16 bits per heavy atom. The summed E-state index contributed by atoms with van der Waals surface area (Å²) in [6, 6.07) is 1.52. The van der Waals surface area contributed by atoms with Gasteiger partial charge in [0.25, 0.3) is 0 Å². The maximum Gasteiger partial charge on any atom is 0.333 e. The first-order chi connectivity index (χ1) is 8.97. The molecule has 0 aromatic carbocycles. The van der Waals surface area contributed by atoms with Crippen LogP contribution in [0.4, 0.5) is 8.78 Å². The fourth-order valence-corrected chi connectivity index (χ4v) is 2.31. The van der Waals surface area contributed by atoms with Crippen LogP contribution >= 0.6 is 0 Å². The number of guanidine groups is 1. The first-order valence-corrected chi connectivity index (χ1v) is 5.75. The molecule has 1 aliphatic carbocycles. The highest BCUT2D eigenvalue weighted by Crippen LogP contribution is 2.55. The lowest BCUT2D eigenvalue weighted by Crippen LogP contribution is -2.54. The molecular formula is C10H13F2N7. The summed E-state index contributed by atoms with van der Waals surface area (Å²) in [7, 11) is 0. The van der Waals surface area contributed by atoms with Gasteiger partial charge in [0, 0.05) is 6.20 Å². The van der Waals surface area contributed by atoms with E-state index in [1.807, 2.05) is 0 Å². The molecule has 1 saturated carbocycles. The summed E-state index contributed by atoms with van der Waals surface area (Å²) >= 11 is 0. The molecule has 5 N–H and O–H groups in total. The van der Waals surface area contributed by atoms with Gasteiger partial charge in [0.1, 0.15) is 0 Å². The second-order valence-electron chi connectivity index (χ2n) is 4.67. The van der Waals surface area contributed by atoms with Crippen molar-refractivity contribution < 1.29 is 8.78 Å². The summed E-state index contributed by atoms with van der Waals surface area (Å²) in [5, 5.41) is 6.49. The molecule has 19 heavy (non-hydrogen) atoms. The molecule has 1 aromatic heterocycles. The lowest BCUT2D eigenvalue weighted by atomic mass is 9.94. The molecule has 3 rings (SSSR count). The van der Waals surface area contributed by atoms with Gasteiger partial charge in [-0.15, -0.1) is 0 Å². The van der Waals surface area contributed by atoms with Crippen LogP contribution in [0, 0.1) is 0 Å². The standard InChI is InChI=1S/C10H13F2N7/c11-7(12)19-4-1-6(18-19)9(2-3-9)10(14)16-5-15-8(13)17-10/h1,4-5,7H,2-3,14H2,(H3,13,15,16,17). The molecule has 0 amide bonds. The number of aromatic nitrogens is 2. The molecule has 1 fully saturated rings. The summed E-state index contributed by atoms with van der Waals surface area (Å²) < 4.78 is 25.7. The van der Waals surface area contributed by atoms with Gasteiger partial charge in [-0.2, -0.15) is 13.9 Å². The van der Waals surface area contributed by atoms with Crippen molar-refractivity contribution in [3.8, 4) is 0 Å². The number of alkyl halides is 2. The van der Waals surface area contributed by atoms with Crippen LogP contribution in [-0.4, -0.2) is 27.9 Å². The van der Waals surface area contributed by atoms with Crippen molar-refractivity contribution in [2.24, 2.45) is 21.5 Å². The Morgan fingerprint density at radius 1 is 1.42 bits per heavy atom. The average Bonchev–Trinajstić information content (AvgIpc) is 3.01.